The number of nitrogens with one attached hydrogen (secondary N) is 3. The molecule has 45 heavy (non-hydrogen) atoms. The second-order valence-electron chi connectivity index (χ2n) is 10.7. The Morgan fingerprint density at radius 1 is 1.11 bits per heavy atom. The van der Waals surface area contributed by atoms with Crippen LogP contribution in [-0.4, -0.2) is 99.2 Å². The zero-order chi connectivity index (χ0) is 32.5. The van der Waals surface area contributed by atoms with Crippen LogP contribution in [0.4, 0.5) is 32.4 Å². The lowest BCUT2D eigenvalue weighted by Gasteiger charge is -2.35. The van der Waals surface area contributed by atoms with Gasteiger partial charge in [0.05, 0.1) is 28.0 Å². The Morgan fingerprint density at radius 2 is 1.80 bits per heavy atom. The molecule has 5 rings (SSSR count). The topological polar surface area (TPSA) is 129 Å². The smallest absolute Gasteiger partial charge is 0.338 e. The summed E-state index contributed by atoms with van der Waals surface area (Å²) >= 11 is 6.39. The average molecular weight is 658 g/mol. The van der Waals surface area contributed by atoms with Gasteiger partial charge in [-0.1, -0.05) is 11.6 Å². The largest absolute Gasteiger partial charge is 0.435 e. The third kappa shape index (κ3) is 7.19. The van der Waals surface area contributed by atoms with Gasteiger partial charge in [0.25, 0.3) is 18.2 Å². The first-order valence-electron chi connectivity index (χ1n) is 13.9. The van der Waals surface area contributed by atoms with Crippen LogP contribution in [-0.2, 0) is 19.8 Å². The number of carbonyl (C=O) groups is 3. The summed E-state index contributed by atoms with van der Waals surface area (Å²) in [7, 11) is 1.30. The first kappa shape index (κ1) is 32.2. The van der Waals surface area contributed by atoms with Gasteiger partial charge in [0.2, 0.25) is 0 Å². The normalized spacial score (nSPS) is 15.7. The van der Waals surface area contributed by atoms with E-state index >= 15 is 0 Å². The van der Waals surface area contributed by atoms with Gasteiger partial charge >= 0.3 is 12.2 Å². The third-order valence-corrected chi connectivity index (χ3v) is 7.85. The highest BCUT2D eigenvalue weighted by Crippen LogP contribution is 2.36. The third-order valence-electron chi connectivity index (χ3n) is 7.54. The summed E-state index contributed by atoms with van der Waals surface area (Å²) in [4.78, 5) is 45.7. The van der Waals surface area contributed by atoms with Crippen molar-refractivity contribution in [2.75, 3.05) is 51.1 Å². The molecule has 2 aliphatic heterocycles. The molecule has 242 valence electrons. The maximum atomic E-state index is 13.6. The number of carbonyl (C=O) groups excluding carboxylic acids is 3. The van der Waals surface area contributed by atoms with Crippen molar-refractivity contribution in [1.82, 2.24) is 39.8 Å². The number of rotatable bonds is 8. The summed E-state index contributed by atoms with van der Waals surface area (Å²) in [6, 6.07) is 4.06. The molecule has 0 bridgehead atoms. The van der Waals surface area contributed by atoms with E-state index in [9.17, 15) is 36.3 Å². The Labute approximate surface area is 258 Å². The van der Waals surface area contributed by atoms with Crippen molar-refractivity contribution >= 4 is 35.1 Å². The zero-order valence-corrected chi connectivity index (χ0v) is 24.6. The molecule has 2 saturated heterocycles. The molecule has 3 aromatic rings. The molecule has 12 nitrogen and oxygen atoms in total. The highest BCUT2D eigenvalue weighted by Gasteiger charge is 2.39. The maximum Gasteiger partial charge on any atom is 0.435 e. The molecule has 2 aliphatic rings. The fraction of sp³-hybridized carbons (Fsp3) is 0.444. The average Bonchev–Trinajstić information content (AvgIpc) is 3.54. The summed E-state index contributed by atoms with van der Waals surface area (Å²) in [6.07, 6.45) is -6.03. The summed E-state index contributed by atoms with van der Waals surface area (Å²) < 4.78 is 67.9. The Hall–Kier alpha value is -4.25. The van der Waals surface area contributed by atoms with Crippen molar-refractivity contribution < 1.29 is 36.3 Å². The summed E-state index contributed by atoms with van der Waals surface area (Å²) in [5.74, 6) is -0.991. The number of nitrogens with zero attached hydrogens (tertiary/aromatic N) is 6. The van der Waals surface area contributed by atoms with Crippen LogP contribution in [0, 0.1) is 5.92 Å². The lowest BCUT2D eigenvalue weighted by Crippen LogP contribution is -2.55. The molecule has 0 saturated carbocycles. The lowest BCUT2D eigenvalue weighted by molar-refractivity contribution is -0.141. The van der Waals surface area contributed by atoms with E-state index in [1.807, 2.05) is 0 Å². The van der Waals surface area contributed by atoms with Crippen molar-refractivity contribution in [3.05, 3.63) is 52.7 Å². The van der Waals surface area contributed by atoms with Gasteiger partial charge in [-0.05, 0) is 18.2 Å². The molecule has 4 amide bonds. The Bertz CT molecular complexity index is 1580. The number of halogens is 6. The quantitative estimate of drug-likeness (QED) is 0.320. The van der Waals surface area contributed by atoms with Crippen molar-refractivity contribution in [3.8, 4) is 11.3 Å². The minimum absolute atomic E-state index is 0.0499. The van der Waals surface area contributed by atoms with E-state index in [2.05, 4.69) is 26.0 Å². The molecule has 0 radical (unpaired) electrons. The van der Waals surface area contributed by atoms with Gasteiger partial charge in [0.1, 0.15) is 6.54 Å². The molecule has 1 aromatic carbocycles. The molecule has 18 heteroatoms. The highest BCUT2D eigenvalue weighted by atomic mass is 35.5. The number of imidazole rings is 1. The lowest BCUT2D eigenvalue weighted by atomic mass is 10.0. The van der Waals surface area contributed by atoms with Gasteiger partial charge in [0, 0.05) is 70.7 Å². The fourth-order valence-electron chi connectivity index (χ4n) is 5.00. The van der Waals surface area contributed by atoms with Crippen LogP contribution >= 0.6 is 11.6 Å². The maximum absolute atomic E-state index is 13.6. The number of piperazine rings is 1. The number of benzene rings is 1. The van der Waals surface area contributed by atoms with Crippen LogP contribution in [0.3, 0.4) is 0 Å². The number of hydrogen-bond acceptors (Lipinski definition) is 6. The van der Waals surface area contributed by atoms with Gasteiger partial charge in [-0.25, -0.2) is 18.6 Å². The fourth-order valence-corrected chi connectivity index (χ4v) is 5.26. The summed E-state index contributed by atoms with van der Waals surface area (Å²) in [6.45, 7) is 2.64. The van der Waals surface area contributed by atoms with E-state index in [1.165, 1.54) is 25.2 Å². The zero-order valence-electron chi connectivity index (χ0n) is 23.9. The molecule has 3 N–H and O–H groups in total. The molecular formula is C27H29ClF5N9O3. The second-order valence-corrected chi connectivity index (χ2v) is 11.1. The predicted molar refractivity (Wildman–Crippen MR) is 152 cm³/mol. The predicted octanol–water partition coefficient (Wildman–Crippen LogP) is 3.16. The standard InChI is InChI=1S/C27H29ClF5N9O3/c1-39-20(18-13-42(14-21(29)30)38-22(18)27(31,32)33)12-35-23(39)24(43)37-16-2-3-17(19(28)8-16)25(44)40-4-6-41(7-5-40)26(45)36-11-15-9-34-10-15/h2-3,8,12-13,15,21,34H,4-7,9-11,14H2,1H3,(H,36,45)(H,37,43). The van der Waals surface area contributed by atoms with Crippen LogP contribution in [0.25, 0.3) is 11.3 Å². The van der Waals surface area contributed by atoms with Gasteiger partial charge < -0.3 is 30.3 Å². The van der Waals surface area contributed by atoms with E-state index in [1.54, 1.807) is 9.80 Å². The van der Waals surface area contributed by atoms with E-state index in [0.29, 0.717) is 43.3 Å². The minimum Gasteiger partial charge on any atom is -0.338 e. The second kappa shape index (κ2) is 13.0. The highest BCUT2D eigenvalue weighted by molar-refractivity contribution is 6.34. The Morgan fingerprint density at radius 3 is 2.40 bits per heavy atom. The van der Waals surface area contributed by atoms with E-state index in [4.69, 9.17) is 11.6 Å². The van der Waals surface area contributed by atoms with Crippen LogP contribution in [0.2, 0.25) is 5.02 Å². The minimum atomic E-state index is -4.94. The molecule has 0 atom stereocenters. The Kier molecular flexibility index (Phi) is 9.29. The molecule has 0 aliphatic carbocycles. The van der Waals surface area contributed by atoms with Crippen molar-refractivity contribution in [3.63, 3.8) is 0 Å². The first-order valence-corrected chi connectivity index (χ1v) is 14.3. The van der Waals surface area contributed by atoms with Crippen LogP contribution in [0.1, 0.15) is 26.7 Å². The molecule has 2 fully saturated rings. The number of anilines is 1. The SMILES string of the molecule is Cn1c(-c2cn(CC(F)F)nc2C(F)(F)F)cnc1C(=O)Nc1ccc(C(=O)N2CCN(C(=O)NCC3CNC3)CC2)c(Cl)c1. The monoisotopic (exact) mass is 657 g/mol. The van der Waals surface area contributed by atoms with Gasteiger partial charge in [-0.15, -0.1) is 0 Å². The number of amides is 4. The number of hydrogen-bond donors (Lipinski definition) is 3. The van der Waals surface area contributed by atoms with Crippen LogP contribution in [0.5, 0.6) is 0 Å². The molecule has 0 spiro atoms. The van der Waals surface area contributed by atoms with E-state index in [0.717, 1.165) is 30.1 Å². The van der Waals surface area contributed by atoms with Crippen LogP contribution < -0.4 is 16.0 Å². The van der Waals surface area contributed by atoms with Crippen molar-refractivity contribution in [2.45, 2.75) is 19.1 Å². The summed E-state index contributed by atoms with van der Waals surface area (Å²) in [5.41, 5.74) is -1.70. The van der Waals surface area contributed by atoms with Crippen molar-refractivity contribution in [2.24, 2.45) is 13.0 Å². The van der Waals surface area contributed by atoms with Crippen molar-refractivity contribution in [1.29, 1.82) is 0 Å². The summed E-state index contributed by atoms with van der Waals surface area (Å²) in [5, 5.41) is 11.9. The Balaban J connectivity index is 1.22. The number of urea groups is 1. The van der Waals surface area contributed by atoms with Gasteiger partial charge in [-0.2, -0.15) is 18.3 Å². The molecule has 0 unspecified atom stereocenters. The van der Waals surface area contributed by atoms with Gasteiger partial charge in [-0.3, -0.25) is 14.3 Å². The molecule has 2 aromatic heterocycles. The van der Waals surface area contributed by atoms with E-state index < -0.39 is 36.3 Å². The molecule has 4 heterocycles. The van der Waals surface area contributed by atoms with Crippen LogP contribution in [0.15, 0.2) is 30.6 Å². The number of aromatic nitrogens is 4. The number of alkyl halides is 5. The van der Waals surface area contributed by atoms with E-state index in [-0.39, 0.29) is 39.7 Å². The first-order chi connectivity index (χ1) is 21.3. The van der Waals surface area contributed by atoms with Gasteiger partial charge in [0.15, 0.2) is 11.5 Å². The molecular weight excluding hydrogens is 629 g/mol.